The van der Waals surface area contributed by atoms with E-state index < -0.39 is 0 Å². The third-order valence-electron chi connectivity index (χ3n) is 3.88. The van der Waals surface area contributed by atoms with Gasteiger partial charge in [0.2, 0.25) is 0 Å². The fraction of sp³-hybridized carbons (Fsp3) is 0.867. The molecule has 1 aliphatic rings. The second-order valence-electron chi connectivity index (χ2n) is 5.54. The molecule has 2 rings (SSSR count). The highest BCUT2D eigenvalue weighted by Gasteiger charge is 2.24. The molecule has 2 atom stereocenters. The number of thioether (sulfide) groups is 1. The molecule has 2 unspecified atom stereocenters. The molecule has 1 saturated carbocycles. The minimum atomic E-state index is 0.647. The zero-order valence-electron chi connectivity index (χ0n) is 12.7. The number of hydrogen-bond acceptors (Lipinski definition) is 5. The molecule has 1 heterocycles. The zero-order chi connectivity index (χ0) is 14.2. The Morgan fingerprint density at radius 3 is 2.70 bits per heavy atom. The summed E-state index contributed by atoms with van der Waals surface area (Å²) in [5.41, 5.74) is 0. The van der Waals surface area contributed by atoms with E-state index in [4.69, 9.17) is 0 Å². The van der Waals surface area contributed by atoms with E-state index in [1.807, 2.05) is 11.8 Å². The van der Waals surface area contributed by atoms with E-state index >= 15 is 0 Å². The summed E-state index contributed by atoms with van der Waals surface area (Å²) >= 11 is 3.54. The summed E-state index contributed by atoms with van der Waals surface area (Å²) in [6, 6.07) is 0.647. The third-order valence-corrected chi connectivity index (χ3v) is 6.10. The first-order chi connectivity index (χ1) is 9.83. The highest BCUT2D eigenvalue weighted by molar-refractivity contribution is 8.01. The zero-order valence-corrected chi connectivity index (χ0v) is 14.4. The number of hydrogen-bond donors (Lipinski definition) is 1. The Morgan fingerprint density at radius 1 is 1.20 bits per heavy atom. The van der Waals surface area contributed by atoms with Gasteiger partial charge in [0, 0.05) is 17.7 Å². The summed E-state index contributed by atoms with van der Waals surface area (Å²) in [7, 11) is 0. The second-order valence-corrected chi connectivity index (χ2v) is 7.78. The van der Waals surface area contributed by atoms with Gasteiger partial charge in [-0.1, -0.05) is 51.3 Å². The van der Waals surface area contributed by atoms with Crippen LogP contribution >= 0.6 is 23.3 Å². The Hall–Kier alpha value is -0.130. The van der Waals surface area contributed by atoms with Crippen molar-refractivity contribution in [1.82, 2.24) is 14.7 Å². The Morgan fingerprint density at radius 2 is 2.00 bits per heavy atom. The van der Waals surface area contributed by atoms with E-state index in [0.717, 1.165) is 23.1 Å². The number of rotatable bonds is 6. The Kier molecular flexibility index (Phi) is 7.31. The van der Waals surface area contributed by atoms with Crippen molar-refractivity contribution in [3.05, 3.63) is 5.82 Å². The average Bonchev–Trinajstić information content (AvgIpc) is 2.89. The average molecular weight is 314 g/mol. The van der Waals surface area contributed by atoms with Crippen molar-refractivity contribution in [3.8, 4) is 0 Å². The van der Waals surface area contributed by atoms with Gasteiger partial charge in [-0.25, -0.2) is 4.98 Å². The first-order valence-electron chi connectivity index (χ1n) is 8.06. The fourth-order valence-corrected chi connectivity index (χ4v) is 4.97. The van der Waals surface area contributed by atoms with Gasteiger partial charge in [-0.15, -0.1) is 0 Å². The second kappa shape index (κ2) is 9.00. The molecule has 5 heteroatoms. The van der Waals surface area contributed by atoms with Crippen LogP contribution in [0, 0.1) is 0 Å². The molecule has 20 heavy (non-hydrogen) atoms. The van der Waals surface area contributed by atoms with Gasteiger partial charge in [0.15, 0.2) is 4.34 Å². The van der Waals surface area contributed by atoms with E-state index in [1.54, 1.807) is 11.5 Å². The lowest BCUT2D eigenvalue weighted by Gasteiger charge is -2.29. The van der Waals surface area contributed by atoms with Crippen LogP contribution in [0.15, 0.2) is 4.34 Å². The lowest BCUT2D eigenvalue weighted by molar-refractivity contribution is 0.400. The quantitative estimate of drug-likeness (QED) is 0.850. The molecular formula is C15H27N3S2. The topological polar surface area (TPSA) is 37.8 Å². The first-order valence-corrected chi connectivity index (χ1v) is 9.71. The highest BCUT2D eigenvalue weighted by atomic mass is 32.2. The first kappa shape index (κ1) is 16.2. The number of nitrogens with zero attached hydrogens (tertiary/aromatic N) is 2. The van der Waals surface area contributed by atoms with Crippen LogP contribution in [-0.2, 0) is 6.42 Å². The Bertz CT molecular complexity index is 379. The van der Waals surface area contributed by atoms with E-state index in [0.29, 0.717) is 11.3 Å². The van der Waals surface area contributed by atoms with Crippen LogP contribution in [0.25, 0.3) is 0 Å². The standard InChI is InChI=1S/C15H27N3S2/c1-3-11-16-12-9-7-5-6-8-10-13(12)19-15-17-14(4-2)18-20-15/h12-13,16H,3-11H2,1-2H3. The molecule has 0 aliphatic heterocycles. The molecule has 0 saturated heterocycles. The summed E-state index contributed by atoms with van der Waals surface area (Å²) in [6.45, 7) is 5.51. The molecule has 3 nitrogen and oxygen atoms in total. The summed E-state index contributed by atoms with van der Waals surface area (Å²) in [4.78, 5) is 4.63. The largest absolute Gasteiger partial charge is 0.313 e. The van der Waals surface area contributed by atoms with Crippen molar-refractivity contribution >= 4 is 23.3 Å². The lowest BCUT2D eigenvalue weighted by atomic mass is 9.96. The Balaban J connectivity index is 1.97. The predicted octanol–water partition coefficient (Wildman–Crippen LogP) is 4.28. The molecule has 0 spiro atoms. The van der Waals surface area contributed by atoms with Gasteiger partial charge in [0.1, 0.15) is 5.82 Å². The van der Waals surface area contributed by atoms with Crippen LogP contribution in [0.1, 0.15) is 64.6 Å². The van der Waals surface area contributed by atoms with Crippen LogP contribution in [0.3, 0.4) is 0 Å². The molecule has 114 valence electrons. The molecule has 1 fully saturated rings. The molecule has 1 aromatic heterocycles. The van der Waals surface area contributed by atoms with E-state index in [9.17, 15) is 0 Å². The normalized spacial score (nSPS) is 24.3. The van der Waals surface area contributed by atoms with Crippen molar-refractivity contribution in [1.29, 1.82) is 0 Å². The van der Waals surface area contributed by atoms with Crippen molar-refractivity contribution in [2.75, 3.05) is 6.54 Å². The molecule has 0 radical (unpaired) electrons. The van der Waals surface area contributed by atoms with Crippen molar-refractivity contribution in [2.45, 2.75) is 80.8 Å². The SMILES string of the molecule is CCCNC1CCCCCCC1Sc1nc(CC)ns1. The molecule has 1 N–H and O–H groups in total. The fourth-order valence-electron chi connectivity index (χ4n) is 2.71. The van der Waals surface area contributed by atoms with Gasteiger partial charge in [-0.3, -0.25) is 0 Å². The van der Waals surface area contributed by atoms with Gasteiger partial charge in [-0.2, -0.15) is 4.37 Å². The minimum absolute atomic E-state index is 0.647. The molecule has 1 aliphatic carbocycles. The van der Waals surface area contributed by atoms with Crippen molar-refractivity contribution < 1.29 is 0 Å². The summed E-state index contributed by atoms with van der Waals surface area (Å²) in [5.74, 6) is 1.00. The highest BCUT2D eigenvalue weighted by Crippen LogP contribution is 2.33. The molecular weight excluding hydrogens is 286 g/mol. The number of nitrogens with one attached hydrogen (secondary N) is 1. The summed E-state index contributed by atoms with van der Waals surface area (Å²) in [5, 5.41) is 4.43. The van der Waals surface area contributed by atoms with Crippen LogP contribution in [-0.4, -0.2) is 27.2 Å². The van der Waals surface area contributed by atoms with E-state index in [2.05, 4.69) is 28.5 Å². The minimum Gasteiger partial charge on any atom is -0.313 e. The maximum Gasteiger partial charge on any atom is 0.170 e. The van der Waals surface area contributed by atoms with Crippen molar-refractivity contribution in [2.24, 2.45) is 0 Å². The van der Waals surface area contributed by atoms with Gasteiger partial charge < -0.3 is 5.32 Å². The van der Waals surface area contributed by atoms with E-state index in [1.165, 1.54) is 44.9 Å². The van der Waals surface area contributed by atoms with Gasteiger partial charge in [0.05, 0.1) is 0 Å². The number of aryl methyl sites for hydroxylation is 1. The molecule has 0 aromatic carbocycles. The van der Waals surface area contributed by atoms with Crippen LogP contribution in [0.2, 0.25) is 0 Å². The maximum atomic E-state index is 4.63. The van der Waals surface area contributed by atoms with Gasteiger partial charge in [0.25, 0.3) is 0 Å². The summed E-state index contributed by atoms with van der Waals surface area (Å²) in [6.07, 6.45) is 10.3. The summed E-state index contributed by atoms with van der Waals surface area (Å²) < 4.78 is 5.58. The Labute approximate surface area is 131 Å². The predicted molar refractivity (Wildman–Crippen MR) is 88.7 cm³/mol. The maximum absolute atomic E-state index is 4.63. The van der Waals surface area contributed by atoms with Crippen LogP contribution in [0.4, 0.5) is 0 Å². The lowest BCUT2D eigenvalue weighted by Crippen LogP contribution is -2.39. The van der Waals surface area contributed by atoms with Crippen LogP contribution < -0.4 is 5.32 Å². The third kappa shape index (κ3) is 5.01. The smallest absolute Gasteiger partial charge is 0.170 e. The van der Waals surface area contributed by atoms with Crippen molar-refractivity contribution in [3.63, 3.8) is 0 Å². The monoisotopic (exact) mass is 313 g/mol. The molecule has 0 amide bonds. The number of aromatic nitrogens is 2. The van der Waals surface area contributed by atoms with Gasteiger partial charge >= 0.3 is 0 Å². The molecule has 1 aromatic rings. The van der Waals surface area contributed by atoms with Crippen LogP contribution in [0.5, 0.6) is 0 Å². The molecule has 0 bridgehead atoms. The van der Waals surface area contributed by atoms with E-state index in [-0.39, 0.29) is 0 Å². The van der Waals surface area contributed by atoms with Gasteiger partial charge in [-0.05, 0) is 37.3 Å².